The molecule has 2 rings (SSSR count). The topological polar surface area (TPSA) is 44.7 Å². The second-order valence-corrected chi connectivity index (χ2v) is 5.39. The number of hydrogen-bond donors (Lipinski definition) is 1. The number of halogens is 1. The minimum atomic E-state index is -0.314. The van der Waals surface area contributed by atoms with E-state index in [0.717, 1.165) is 25.9 Å². The van der Waals surface area contributed by atoms with Gasteiger partial charge >= 0.3 is 0 Å². The molecule has 0 radical (unpaired) electrons. The molecule has 1 aliphatic heterocycles. The normalized spacial score (nSPS) is 17.4. The van der Waals surface area contributed by atoms with Crippen LogP contribution in [-0.4, -0.2) is 36.7 Å². The zero-order valence-corrected chi connectivity index (χ0v) is 12.2. The fourth-order valence-electron chi connectivity index (χ4n) is 2.48. The van der Waals surface area contributed by atoms with Crippen LogP contribution in [0.4, 0.5) is 4.39 Å². The summed E-state index contributed by atoms with van der Waals surface area (Å²) in [4.78, 5) is 14.0. The zero-order chi connectivity index (χ0) is 14.9. The summed E-state index contributed by atoms with van der Waals surface area (Å²) in [6, 6.07) is 6.08. The maximum Gasteiger partial charge on any atom is 0.254 e. The average Bonchev–Trinajstić information content (AvgIpc) is 2.42. The van der Waals surface area contributed by atoms with Crippen molar-refractivity contribution >= 4 is 12.1 Å². The van der Waals surface area contributed by atoms with E-state index in [1.165, 1.54) is 37.6 Å². The number of benzene rings is 1. The van der Waals surface area contributed by atoms with E-state index in [0.29, 0.717) is 12.1 Å². The maximum atomic E-state index is 13.0. The van der Waals surface area contributed by atoms with Crippen LogP contribution in [0.15, 0.2) is 29.4 Å². The Morgan fingerprint density at radius 3 is 2.67 bits per heavy atom. The highest BCUT2D eigenvalue weighted by atomic mass is 19.1. The lowest BCUT2D eigenvalue weighted by Gasteiger charge is -2.23. The minimum absolute atomic E-state index is 0.122. The van der Waals surface area contributed by atoms with Gasteiger partial charge in [-0.25, -0.2) is 9.82 Å². The number of hydrazone groups is 1. The number of carbonyl (C=O) groups excluding carboxylic acids is 1. The van der Waals surface area contributed by atoms with Gasteiger partial charge < -0.3 is 0 Å². The Labute approximate surface area is 125 Å². The number of rotatable bonds is 4. The highest BCUT2D eigenvalue weighted by Crippen LogP contribution is 2.09. The van der Waals surface area contributed by atoms with Crippen LogP contribution in [0.2, 0.25) is 0 Å². The van der Waals surface area contributed by atoms with Gasteiger partial charge in [0.05, 0.1) is 12.8 Å². The Balaban J connectivity index is 1.76. The summed E-state index contributed by atoms with van der Waals surface area (Å²) in [7, 11) is 0. The van der Waals surface area contributed by atoms with Crippen LogP contribution in [-0.2, 0) is 4.79 Å². The van der Waals surface area contributed by atoms with Crippen molar-refractivity contribution in [2.45, 2.75) is 32.1 Å². The summed E-state index contributed by atoms with van der Waals surface area (Å²) in [5.74, 6) is -0.436. The molecule has 0 bridgehead atoms. The number of nitrogens with one attached hydrogen (secondary N) is 1. The molecule has 5 heteroatoms. The van der Waals surface area contributed by atoms with Gasteiger partial charge in [0, 0.05) is 0 Å². The standard InChI is InChI=1S/C16H22FN3O/c17-15-8-6-7-14(11-15)12-18-19-16(21)13-20-9-4-2-1-3-5-10-20/h6-8,11-12H,1-5,9-10,13H2,(H,19,21)/b18-12-. The van der Waals surface area contributed by atoms with Crippen LogP contribution in [0.5, 0.6) is 0 Å². The van der Waals surface area contributed by atoms with Crippen molar-refractivity contribution < 1.29 is 9.18 Å². The Morgan fingerprint density at radius 2 is 1.95 bits per heavy atom. The molecule has 0 spiro atoms. The molecule has 1 aromatic carbocycles. The van der Waals surface area contributed by atoms with Crippen LogP contribution in [0, 0.1) is 5.82 Å². The Kier molecular flexibility index (Phi) is 6.34. The van der Waals surface area contributed by atoms with E-state index >= 15 is 0 Å². The summed E-state index contributed by atoms with van der Waals surface area (Å²) >= 11 is 0. The predicted molar refractivity (Wildman–Crippen MR) is 81.7 cm³/mol. The quantitative estimate of drug-likeness (QED) is 0.684. The molecule has 1 amide bonds. The Bertz CT molecular complexity index is 482. The van der Waals surface area contributed by atoms with E-state index in [9.17, 15) is 9.18 Å². The Morgan fingerprint density at radius 1 is 1.24 bits per heavy atom. The van der Waals surface area contributed by atoms with Gasteiger partial charge in [-0.3, -0.25) is 9.69 Å². The van der Waals surface area contributed by atoms with Crippen molar-refractivity contribution in [1.82, 2.24) is 10.3 Å². The average molecular weight is 291 g/mol. The van der Waals surface area contributed by atoms with Crippen LogP contribution in [0.3, 0.4) is 0 Å². The molecule has 1 N–H and O–H groups in total. The molecule has 1 aromatic rings. The van der Waals surface area contributed by atoms with Crippen molar-refractivity contribution in [3.8, 4) is 0 Å². The first-order valence-corrected chi connectivity index (χ1v) is 7.54. The number of nitrogens with zero attached hydrogens (tertiary/aromatic N) is 2. The molecule has 21 heavy (non-hydrogen) atoms. The van der Waals surface area contributed by atoms with E-state index in [1.807, 2.05) is 0 Å². The van der Waals surface area contributed by atoms with E-state index in [1.54, 1.807) is 12.1 Å². The summed E-state index contributed by atoms with van der Waals surface area (Å²) in [6.07, 6.45) is 7.55. The molecule has 0 atom stereocenters. The zero-order valence-electron chi connectivity index (χ0n) is 12.2. The lowest BCUT2D eigenvalue weighted by atomic mass is 10.1. The van der Waals surface area contributed by atoms with Gasteiger partial charge in [-0.15, -0.1) is 0 Å². The highest BCUT2D eigenvalue weighted by molar-refractivity contribution is 5.83. The summed E-state index contributed by atoms with van der Waals surface area (Å²) < 4.78 is 13.0. The molecule has 0 aromatic heterocycles. The molecular weight excluding hydrogens is 269 g/mol. The third-order valence-electron chi connectivity index (χ3n) is 3.57. The molecule has 1 heterocycles. The van der Waals surface area contributed by atoms with E-state index in [2.05, 4.69) is 15.4 Å². The SMILES string of the molecule is O=C(CN1CCCCCCC1)N/N=C\c1cccc(F)c1. The molecule has 0 aliphatic carbocycles. The highest BCUT2D eigenvalue weighted by Gasteiger charge is 2.11. The van der Waals surface area contributed by atoms with Gasteiger partial charge in [-0.1, -0.05) is 31.4 Å². The summed E-state index contributed by atoms with van der Waals surface area (Å²) in [5, 5.41) is 3.87. The van der Waals surface area contributed by atoms with E-state index in [4.69, 9.17) is 0 Å². The van der Waals surface area contributed by atoms with Gasteiger partial charge in [-0.05, 0) is 43.6 Å². The first kappa shape index (κ1) is 15.6. The van der Waals surface area contributed by atoms with Crippen LogP contribution in [0.1, 0.15) is 37.7 Å². The second kappa shape index (κ2) is 8.52. The monoisotopic (exact) mass is 291 g/mol. The largest absolute Gasteiger partial charge is 0.294 e. The number of likely N-dealkylation sites (tertiary alicyclic amines) is 1. The maximum absolute atomic E-state index is 13.0. The van der Waals surface area contributed by atoms with Crippen molar-refractivity contribution in [3.05, 3.63) is 35.6 Å². The van der Waals surface area contributed by atoms with Gasteiger partial charge in [-0.2, -0.15) is 5.10 Å². The van der Waals surface area contributed by atoms with Gasteiger partial charge in [0.2, 0.25) is 0 Å². The lowest BCUT2D eigenvalue weighted by Crippen LogP contribution is -2.37. The van der Waals surface area contributed by atoms with Crippen LogP contribution < -0.4 is 5.43 Å². The van der Waals surface area contributed by atoms with Crippen molar-refractivity contribution in [1.29, 1.82) is 0 Å². The van der Waals surface area contributed by atoms with Gasteiger partial charge in [0.1, 0.15) is 5.82 Å². The predicted octanol–water partition coefficient (Wildman–Crippen LogP) is 2.54. The van der Waals surface area contributed by atoms with E-state index < -0.39 is 0 Å². The molecule has 4 nitrogen and oxygen atoms in total. The molecule has 0 saturated carbocycles. The fourth-order valence-corrected chi connectivity index (χ4v) is 2.48. The van der Waals surface area contributed by atoms with Crippen molar-refractivity contribution in [3.63, 3.8) is 0 Å². The third kappa shape index (κ3) is 6.04. The number of hydrogen-bond acceptors (Lipinski definition) is 3. The van der Waals surface area contributed by atoms with Crippen molar-refractivity contribution in [2.75, 3.05) is 19.6 Å². The smallest absolute Gasteiger partial charge is 0.254 e. The second-order valence-electron chi connectivity index (χ2n) is 5.39. The fraction of sp³-hybridized carbons (Fsp3) is 0.500. The Hall–Kier alpha value is -1.75. The first-order chi connectivity index (χ1) is 10.2. The van der Waals surface area contributed by atoms with Crippen LogP contribution in [0.25, 0.3) is 0 Å². The number of amides is 1. The first-order valence-electron chi connectivity index (χ1n) is 7.54. The number of carbonyl (C=O) groups is 1. The molecular formula is C16H22FN3O. The van der Waals surface area contributed by atoms with Crippen molar-refractivity contribution in [2.24, 2.45) is 5.10 Å². The molecule has 1 saturated heterocycles. The van der Waals surface area contributed by atoms with E-state index in [-0.39, 0.29) is 11.7 Å². The molecule has 0 unspecified atom stereocenters. The summed E-state index contributed by atoms with van der Waals surface area (Å²) in [5.41, 5.74) is 3.13. The van der Waals surface area contributed by atoms with Gasteiger partial charge in [0.25, 0.3) is 5.91 Å². The summed E-state index contributed by atoms with van der Waals surface area (Å²) in [6.45, 7) is 2.32. The van der Waals surface area contributed by atoms with Crippen LogP contribution >= 0.6 is 0 Å². The molecule has 1 aliphatic rings. The minimum Gasteiger partial charge on any atom is -0.294 e. The lowest BCUT2D eigenvalue weighted by molar-refractivity contribution is -0.122. The van der Waals surface area contributed by atoms with Gasteiger partial charge in [0.15, 0.2) is 0 Å². The molecule has 114 valence electrons. The molecule has 1 fully saturated rings. The third-order valence-corrected chi connectivity index (χ3v) is 3.57.